The van der Waals surface area contributed by atoms with E-state index in [0.29, 0.717) is 23.0 Å². The molecule has 2 heterocycles. The first-order chi connectivity index (χ1) is 16.3. The molecule has 184 valence electrons. The molecule has 14 heteroatoms. The third-order valence-corrected chi connectivity index (χ3v) is 5.14. The Morgan fingerprint density at radius 3 is 2.17 bits per heavy atom. The first-order valence-electron chi connectivity index (χ1n) is 9.92. The molecule has 0 aliphatic carbocycles. The molecule has 0 bridgehead atoms. The molecule has 0 saturated heterocycles. The number of benzene rings is 2. The molecule has 0 atom stereocenters. The second kappa shape index (κ2) is 8.60. The number of anilines is 1. The lowest BCUT2D eigenvalue weighted by molar-refractivity contribution is -0.143. The summed E-state index contributed by atoms with van der Waals surface area (Å²) in [4.78, 5) is 14.1. The van der Waals surface area contributed by atoms with Gasteiger partial charge in [0.1, 0.15) is 5.69 Å². The minimum absolute atomic E-state index is 0.0381. The van der Waals surface area contributed by atoms with E-state index in [1.54, 1.807) is 24.3 Å². The maximum atomic E-state index is 13.3. The minimum atomic E-state index is -5.02. The minimum Gasteiger partial charge on any atom is -0.477 e. The fourth-order valence-corrected chi connectivity index (χ4v) is 3.63. The number of alkyl halides is 6. The zero-order chi connectivity index (χ0) is 25.5. The zero-order valence-electron chi connectivity index (χ0n) is 17.8. The van der Waals surface area contributed by atoms with Crippen LogP contribution in [0.3, 0.4) is 0 Å². The molecular formula is C21H16F6N6O2. The Bertz CT molecular complexity index is 1360. The fraction of sp³-hybridized carbons (Fsp3) is 0.238. The van der Waals surface area contributed by atoms with Gasteiger partial charge in [-0.1, -0.05) is 23.3 Å². The van der Waals surface area contributed by atoms with Crippen LogP contribution in [0.2, 0.25) is 0 Å². The Balaban J connectivity index is 1.81. The summed E-state index contributed by atoms with van der Waals surface area (Å²) < 4.78 is 81.4. The molecule has 0 spiro atoms. The number of carbonyl (C=O) groups is 1. The Morgan fingerprint density at radius 1 is 1.00 bits per heavy atom. The van der Waals surface area contributed by atoms with Crippen molar-refractivity contribution in [3.8, 4) is 0 Å². The van der Waals surface area contributed by atoms with Crippen LogP contribution in [0, 0.1) is 0 Å². The third kappa shape index (κ3) is 5.05. The van der Waals surface area contributed by atoms with E-state index < -0.39 is 36.0 Å². The average Bonchev–Trinajstić information content (AvgIpc) is 3.36. The quantitative estimate of drug-likeness (QED) is 0.392. The molecule has 0 aliphatic heterocycles. The van der Waals surface area contributed by atoms with Crippen molar-refractivity contribution < 1.29 is 36.2 Å². The summed E-state index contributed by atoms with van der Waals surface area (Å²) in [5.41, 5.74) is -2.91. The van der Waals surface area contributed by atoms with Crippen molar-refractivity contribution in [3.05, 3.63) is 70.9 Å². The van der Waals surface area contributed by atoms with Gasteiger partial charge in [0.15, 0.2) is 0 Å². The van der Waals surface area contributed by atoms with Crippen molar-refractivity contribution in [2.45, 2.75) is 25.6 Å². The summed E-state index contributed by atoms with van der Waals surface area (Å²) in [6, 6.07) is 9.32. The number of hydrogen-bond donors (Lipinski definition) is 1. The van der Waals surface area contributed by atoms with Crippen LogP contribution in [-0.4, -0.2) is 35.9 Å². The van der Waals surface area contributed by atoms with Crippen LogP contribution in [0.15, 0.2) is 48.5 Å². The molecule has 0 saturated carbocycles. The van der Waals surface area contributed by atoms with E-state index in [9.17, 15) is 36.2 Å². The van der Waals surface area contributed by atoms with E-state index in [1.807, 2.05) is 0 Å². The van der Waals surface area contributed by atoms with Gasteiger partial charge in [-0.15, -0.1) is 5.10 Å². The van der Waals surface area contributed by atoms with Gasteiger partial charge in [0, 0.05) is 11.9 Å². The van der Waals surface area contributed by atoms with Crippen molar-refractivity contribution >= 4 is 22.8 Å². The maximum Gasteiger partial charge on any atom is 0.416 e. The number of carboxylic acids is 1. The highest BCUT2D eigenvalue weighted by Crippen LogP contribution is 2.37. The Kier molecular flexibility index (Phi) is 5.90. The van der Waals surface area contributed by atoms with Crippen LogP contribution >= 0.6 is 0 Å². The van der Waals surface area contributed by atoms with Gasteiger partial charge in [-0.25, -0.2) is 4.79 Å². The van der Waals surface area contributed by atoms with Gasteiger partial charge in [-0.3, -0.25) is 0 Å². The molecule has 0 fully saturated rings. The highest BCUT2D eigenvalue weighted by molar-refractivity contribution is 5.94. The van der Waals surface area contributed by atoms with E-state index in [4.69, 9.17) is 0 Å². The molecule has 4 rings (SSSR count). The summed E-state index contributed by atoms with van der Waals surface area (Å²) in [5, 5.41) is 21.7. The molecule has 2 aromatic carbocycles. The molecule has 4 aromatic rings. The van der Waals surface area contributed by atoms with Gasteiger partial charge < -0.3 is 14.6 Å². The lowest BCUT2D eigenvalue weighted by Gasteiger charge is -2.24. The SMILES string of the molecule is Cn1nnc(N(Cc2cc(C(F)(F)F)cc(C(F)(F)F)c2)Cn2c(C(=O)O)cc3ccccc32)n1. The van der Waals surface area contributed by atoms with Crippen molar-refractivity contribution in [3.63, 3.8) is 0 Å². The number of aromatic carboxylic acids is 1. The van der Waals surface area contributed by atoms with Crippen LogP contribution < -0.4 is 4.90 Å². The second-order valence-electron chi connectivity index (χ2n) is 7.65. The smallest absolute Gasteiger partial charge is 0.416 e. The van der Waals surface area contributed by atoms with E-state index in [-0.39, 0.29) is 29.9 Å². The Hall–Kier alpha value is -4.10. The molecule has 8 nitrogen and oxygen atoms in total. The molecular weight excluding hydrogens is 482 g/mol. The summed E-state index contributed by atoms with van der Waals surface area (Å²) in [7, 11) is 1.43. The lowest BCUT2D eigenvalue weighted by Crippen LogP contribution is -2.29. The van der Waals surface area contributed by atoms with Crippen LogP contribution in [0.4, 0.5) is 32.3 Å². The van der Waals surface area contributed by atoms with E-state index in [2.05, 4.69) is 15.4 Å². The summed E-state index contributed by atoms with van der Waals surface area (Å²) in [6.45, 7) is -0.789. The van der Waals surface area contributed by atoms with Crippen molar-refractivity contribution in [1.82, 2.24) is 24.8 Å². The first-order valence-corrected chi connectivity index (χ1v) is 9.92. The third-order valence-electron chi connectivity index (χ3n) is 5.14. The van der Waals surface area contributed by atoms with Crippen molar-refractivity contribution in [2.24, 2.45) is 7.05 Å². The van der Waals surface area contributed by atoms with Gasteiger partial charge in [-0.05, 0) is 41.1 Å². The van der Waals surface area contributed by atoms with Crippen LogP contribution in [-0.2, 0) is 32.6 Å². The molecule has 0 radical (unpaired) electrons. The predicted molar refractivity (Wildman–Crippen MR) is 110 cm³/mol. The van der Waals surface area contributed by atoms with Gasteiger partial charge in [-0.2, -0.15) is 31.1 Å². The number of rotatable bonds is 6. The Morgan fingerprint density at radius 2 is 1.63 bits per heavy atom. The highest BCUT2D eigenvalue weighted by atomic mass is 19.4. The number of hydrogen-bond acceptors (Lipinski definition) is 5. The molecule has 2 aromatic heterocycles. The topological polar surface area (TPSA) is 89.1 Å². The van der Waals surface area contributed by atoms with Crippen LogP contribution in [0.25, 0.3) is 10.9 Å². The Labute approximate surface area is 193 Å². The molecule has 0 unspecified atom stereocenters. The van der Waals surface area contributed by atoms with Gasteiger partial charge >= 0.3 is 18.3 Å². The maximum absolute atomic E-state index is 13.3. The summed E-state index contributed by atoms with van der Waals surface area (Å²) in [5.74, 6) is -1.39. The van der Waals surface area contributed by atoms with E-state index in [1.165, 1.54) is 22.6 Å². The van der Waals surface area contributed by atoms with Crippen molar-refractivity contribution in [2.75, 3.05) is 4.90 Å². The molecule has 1 N–H and O–H groups in total. The fourth-order valence-electron chi connectivity index (χ4n) is 3.63. The largest absolute Gasteiger partial charge is 0.477 e. The standard InChI is InChI=1S/C21H16F6N6O2/c1-31-29-19(28-30-31)32(11-33-16-5-3-2-4-13(16)8-17(33)18(34)35)10-12-6-14(20(22,23)24)9-15(7-12)21(25,26)27/h2-9H,10-11H2,1H3,(H,34,35). The van der Waals surface area contributed by atoms with E-state index >= 15 is 0 Å². The molecule has 35 heavy (non-hydrogen) atoms. The number of aromatic nitrogens is 5. The lowest BCUT2D eigenvalue weighted by atomic mass is 10.0. The number of halogens is 6. The number of aryl methyl sites for hydroxylation is 1. The second-order valence-corrected chi connectivity index (χ2v) is 7.65. The zero-order valence-corrected chi connectivity index (χ0v) is 17.8. The van der Waals surface area contributed by atoms with Crippen molar-refractivity contribution in [1.29, 1.82) is 0 Å². The highest BCUT2D eigenvalue weighted by Gasteiger charge is 2.37. The number of nitrogens with zero attached hydrogens (tertiary/aromatic N) is 6. The summed E-state index contributed by atoms with van der Waals surface area (Å²) >= 11 is 0. The van der Waals surface area contributed by atoms with Gasteiger partial charge in [0.25, 0.3) is 5.95 Å². The molecule has 0 amide bonds. The van der Waals surface area contributed by atoms with Crippen LogP contribution in [0.1, 0.15) is 27.2 Å². The van der Waals surface area contributed by atoms with Crippen LogP contribution in [0.5, 0.6) is 0 Å². The monoisotopic (exact) mass is 498 g/mol. The van der Waals surface area contributed by atoms with Gasteiger partial charge in [0.05, 0.1) is 30.4 Å². The first kappa shape index (κ1) is 24.0. The number of fused-ring (bicyclic) bond motifs is 1. The average molecular weight is 498 g/mol. The van der Waals surface area contributed by atoms with E-state index in [0.717, 1.165) is 4.80 Å². The molecule has 0 aliphatic rings. The normalized spacial score (nSPS) is 12.3. The predicted octanol–water partition coefficient (Wildman–Crippen LogP) is 4.56. The number of tetrazole rings is 1. The number of carboxylic acid groups (broad SMARTS) is 1. The number of para-hydroxylation sites is 1. The summed E-state index contributed by atoms with van der Waals surface area (Å²) in [6.07, 6.45) is -10.0. The van der Waals surface area contributed by atoms with Gasteiger partial charge in [0.2, 0.25) is 0 Å².